The molecule has 0 aliphatic rings. The SMILES string of the molecule is COc1ccc(CNC(=O)NC(=O)C(CF)Oc2ccccc2)cc1. The minimum absolute atomic E-state index is 0.211. The normalized spacial score (nSPS) is 11.3. The van der Waals surface area contributed by atoms with Gasteiger partial charge >= 0.3 is 6.03 Å². The van der Waals surface area contributed by atoms with Crippen LogP contribution in [-0.4, -0.2) is 31.8 Å². The molecule has 1 unspecified atom stereocenters. The van der Waals surface area contributed by atoms with Gasteiger partial charge in [0.2, 0.25) is 6.10 Å². The van der Waals surface area contributed by atoms with Crippen molar-refractivity contribution in [2.24, 2.45) is 0 Å². The molecule has 0 radical (unpaired) electrons. The highest BCUT2D eigenvalue weighted by Crippen LogP contribution is 2.12. The van der Waals surface area contributed by atoms with Gasteiger partial charge in [-0.05, 0) is 29.8 Å². The topological polar surface area (TPSA) is 76.7 Å². The lowest BCUT2D eigenvalue weighted by Crippen LogP contribution is -2.46. The Morgan fingerprint density at radius 1 is 1.04 bits per heavy atom. The summed E-state index contributed by atoms with van der Waals surface area (Å²) >= 11 is 0. The fourth-order valence-electron chi connectivity index (χ4n) is 1.98. The standard InChI is InChI=1S/C18H19FN2O4/c1-24-14-9-7-13(8-10-14)12-20-18(23)21-17(22)16(11-19)25-15-5-3-2-4-6-15/h2-10,16H,11-12H2,1H3,(H2,20,21,22,23). The first-order chi connectivity index (χ1) is 12.1. The summed E-state index contributed by atoms with van der Waals surface area (Å²) in [4.78, 5) is 23.7. The number of hydrogen-bond donors (Lipinski definition) is 2. The van der Waals surface area contributed by atoms with Gasteiger partial charge in [0.05, 0.1) is 7.11 Å². The molecule has 0 saturated carbocycles. The molecule has 0 aliphatic heterocycles. The van der Waals surface area contributed by atoms with Crippen LogP contribution in [0.5, 0.6) is 11.5 Å². The van der Waals surface area contributed by atoms with E-state index in [1.54, 1.807) is 61.7 Å². The summed E-state index contributed by atoms with van der Waals surface area (Å²) in [5.74, 6) is 0.199. The van der Waals surface area contributed by atoms with Gasteiger partial charge < -0.3 is 14.8 Å². The van der Waals surface area contributed by atoms with E-state index < -0.39 is 24.7 Å². The Balaban J connectivity index is 1.82. The van der Waals surface area contributed by atoms with Crippen LogP contribution in [0.25, 0.3) is 0 Å². The number of rotatable bonds is 7. The molecule has 132 valence electrons. The fraction of sp³-hybridized carbons (Fsp3) is 0.222. The summed E-state index contributed by atoms with van der Waals surface area (Å²) in [6.45, 7) is -0.838. The van der Waals surface area contributed by atoms with Crippen molar-refractivity contribution < 1.29 is 23.5 Å². The Morgan fingerprint density at radius 3 is 2.32 bits per heavy atom. The smallest absolute Gasteiger partial charge is 0.321 e. The summed E-state index contributed by atoms with van der Waals surface area (Å²) in [5, 5.41) is 4.59. The van der Waals surface area contributed by atoms with Crippen LogP contribution in [0.4, 0.5) is 9.18 Å². The second kappa shape index (κ2) is 9.27. The summed E-state index contributed by atoms with van der Waals surface area (Å²) in [6, 6.07) is 14.7. The third kappa shape index (κ3) is 5.80. The summed E-state index contributed by atoms with van der Waals surface area (Å²) in [5.41, 5.74) is 0.825. The van der Waals surface area contributed by atoms with Crippen LogP contribution in [-0.2, 0) is 11.3 Å². The number of carbonyl (C=O) groups is 2. The second-order valence-electron chi connectivity index (χ2n) is 5.09. The van der Waals surface area contributed by atoms with Crippen LogP contribution in [0.3, 0.4) is 0 Å². The van der Waals surface area contributed by atoms with E-state index in [-0.39, 0.29) is 6.54 Å². The Kier molecular flexibility index (Phi) is 6.76. The quantitative estimate of drug-likeness (QED) is 0.807. The first kappa shape index (κ1) is 18.3. The van der Waals surface area contributed by atoms with Gasteiger partial charge in [-0.25, -0.2) is 9.18 Å². The van der Waals surface area contributed by atoms with E-state index >= 15 is 0 Å². The molecule has 2 rings (SSSR count). The highest BCUT2D eigenvalue weighted by atomic mass is 19.1. The minimum atomic E-state index is -1.39. The van der Waals surface area contributed by atoms with Crippen molar-refractivity contribution in [2.45, 2.75) is 12.6 Å². The maximum atomic E-state index is 13.0. The van der Waals surface area contributed by atoms with E-state index in [4.69, 9.17) is 9.47 Å². The Labute approximate surface area is 144 Å². The van der Waals surface area contributed by atoms with Crippen LogP contribution >= 0.6 is 0 Å². The third-order valence-corrected chi connectivity index (χ3v) is 3.30. The molecule has 2 aromatic rings. The summed E-state index contributed by atoms with van der Waals surface area (Å²) < 4.78 is 23.3. The number of para-hydroxylation sites is 1. The summed E-state index contributed by atoms with van der Waals surface area (Å²) in [7, 11) is 1.56. The number of imide groups is 1. The third-order valence-electron chi connectivity index (χ3n) is 3.30. The van der Waals surface area contributed by atoms with Gasteiger partial charge in [0, 0.05) is 6.54 Å². The van der Waals surface area contributed by atoms with E-state index in [0.717, 1.165) is 5.56 Å². The number of hydrogen-bond acceptors (Lipinski definition) is 4. The van der Waals surface area contributed by atoms with Gasteiger partial charge in [-0.3, -0.25) is 10.1 Å². The second-order valence-corrected chi connectivity index (χ2v) is 5.09. The molecule has 0 aliphatic carbocycles. The van der Waals surface area contributed by atoms with Gasteiger partial charge in [0.1, 0.15) is 18.2 Å². The highest BCUT2D eigenvalue weighted by Gasteiger charge is 2.22. The molecule has 7 heteroatoms. The van der Waals surface area contributed by atoms with Crippen LogP contribution in [0, 0.1) is 0 Å². The van der Waals surface area contributed by atoms with Gasteiger partial charge in [-0.15, -0.1) is 0 Å². The zero-order chi connectivity index (χ0) is 18.1. The van der Waals surface area contributed by atoms with Crippen molar-refractivity contribution in [3.05, 3.63) is 60.2 Å². The molecule has 0 bridgehead atoms. The number of methoxy groups -OCH3 is 1. The number of halogens is 1. The molecule has 0 fully saturated rings. The molecular weight excluding hydrogens is 327 g/mol. The first-order valence-corrected chi connectivity index (χ1v) is 7.61. The molecule has 0 heterocycles. The number of ether oxygens (including phenoxy) is 2. The van der Waals surface area contributed by atoms with E-state index in [2.05, 4.69) is 10.6 Å². The molecule has 0 spiro atoms. The molecule has 1 atom stereocenters. The van der Waals surface area contributed by atoms with Crippen molar-refractivity contribution in [3.8, 4) is 11.5 Å². The molecular formula is C18H19FN2O4. The van der Waals surface area contributed by atoms with E-state index in [0.29, 0.717) is 11.5 Å². The maximum absolute atomic E-state index is 13.0. The van der Waals surface area contributed by atoms with Crippen LogP contribution in [0.15, 0.2) is 54.6 Å². The molecule has 6 nitrogen and oxygen atoms in total. The van der Waals surface area contributed by atoms with Crippen molar-refractivity contribution in [1.29, 1.82) is 0 Å². The largest absolute Gasteiger partial charge is 0.497 e. The van der Waals surface area contributed by atoms with Crippen LogP contribution in [0.2, 0.25) is 0 Å². The van der Waals surface area contributed by atoms with Gasteiger partial charge in [0.25, 0.3) is 5.91 Å². The van der Waals surface area contributed by atoms with Crippen molar-refractivity contribution in [2.75, 3.05) is 13.8 Å². The lowest BCUT2D eigenvalue weighted by Gasteiger charge is -2.15. The predicted octanol–water partition coefficient (Wildman–Crippen LogP) is 2.44. The van der Waals surface area contributed by atoms with E-state index in [1.165, 1.54) is 0 Å². The molecule has 2 aromatic carbocycles. The van der Waals surface area contributed by atoms with Gasteiger partial charge in [-0.2, -0.15) is 0 Å². The lowest BCUT2D eigenvalue weighted by molar-refractivity contribution is -0.127. The average Bonchev–Trinajstić information content (AvgIpc) is 2.65. The summed E-state index contributed by atoms with van der Waals surface area (Å²) in [6.07, 6.45) is -1.39. The van der Waals surface area contributed by atoms with Crippen LogP contribution < -0.4 is 20.1 Å². The maximum Gasteiger partial charge on any atom is 0.321 e. The van der Waals surface area contributed by atoms with E-state index in [1.807, 2.05) is 0 Å². The number of benzene rings is 2. The number of amides is 3. The van der Waals surface area contributed by atoms with Gasteiger partial charge in [-0.1, -0.05) is 30.3 Å². The molecule has 0 aromatic heterocycles. The van der Waals surface area contributed by atoms with Crippen molar-refractivity contribution in [3.63, 3.8) is 0 Å². The zero-order valence-corrected chi connectivity index (χ0v) is 13.7. The Hall–Kier alpha value is -3.09. The number of alkyl halides is 1. The van der Waals surface area contributed by atoms with E-state index in [9.17, 15) is 14.0 Å². The highest BCUT2D eigenvalue weighted by molar-refractivity contribution is 5.96. The first-order valence-electron chi connectivity index (χ1n) is 7.61. The van der Waals surface area contributed by atoms with Gasteiger partial charge in [0.15, 0.2) is 0 Å². The Bertz CT molecular complexity index is 692. The molecule has 2 N–H and O–H groups in total. The molecule has 0 saturated heterocycles. The lowest BCUT2D eigenvalue weighted by atomic mass is 10.2. The van der Waals surface area contributed by atoms with Crippen LogP contribution in [0.1, 0.15) is 5.56 Å². The number of urea groups is 1. The fourth-order valence-corrected chi connectivity index (χ4v) is 1.98. The monoisotopic (exact) mass is 346 g/mol. The Morgan fingerprint density at radius 2 is 1.72 bits per heavy atom. The minimum Gasteiger partial charge on any atom is -0.497 e. The molecule has 3 amide bonds. The molecule has 25 heavy (non-hydrogen) atoms. The van der Waals surface area contributed by atoms with Crippen molar-refractivity contribution in [1.82, 2.24) is 10.6 Å². The number of nitrogens with one attached hydrogen (secondary N) is 2. The predicted molar refractivity (Wildman–Crippen MR) is 90.2 cm³/mol. The number of carbonyl (C=O) groups excluding carboxylic acids is 2. The average molecular weight is 346 g/mol. The zero-order valence-electron chi connectivity index (χ0n) is 13.7. The van der Waals surface area contributed by atoms with Crippen molar-refractivity contribution >= 4 is 11.9 Å².